The maximum atomic E-state index is 4.17. The van der Waals surface area contributed by atoms with Gasteiger partial charge in [0.1, 0.15) is 0 Å². The lowest BCUT2D eigenvalue weighted by Crippen LogP contribution is -2.29. The topological polar surface area (TPSA) is 16.1 Å². The number of aromatic nitrogens is 1. The number of hydrogen-bond acceptors (Lipinski definition) is 3. The summed E-state index contributed by atoms with van der Waals surface area (Å²) in [4.78, 5) is 6.45. The van der Waals surface area contributed by atoms with Crippen molar-refractivity contribution < 1.29 is 0 Å². The molecule has 1 aromatic rings. The fraction of sp³-hybridized carbons (Fsp3) is 0.545. The molecule has 0 aliphatic carbocycles. The lowest BCUT2D eigenvalue weighted by Gasteiger charge is -2.26. The highest BCUT2D eigenvalue weighted by Crippen LogP contribution is 2.20. The van der Waals surface area contributed by atoms with Crippen LogP contribution in [0.5, 0.6) is 0 Å². The highest BCUT2D eigenvalue weighted by Gasteiger charge is 2.09. The van der Waals surface area contributed by atoms with E-state index >= 15 is 0 Å². The summed E-state index contributed by atoms with van der Waals surface area (Å²) >= 11 is 5.33. The number of rotatable bonds is 5. The van der Waals surface area contributed by atoms with E-state index in [1.165, 1.54) is 12.2 Å². The van der Waals surface area contributed by atoms with E-state index in [0.717, 1.165) is 10.2 Å². The molecule has 0 saturated carbocycles. The van der Waals surface area contributed by atoms with Crippen molar-refractivity contribution in [2.24, 2.45) is 0 Å². The second-order valence-electron chi connectivity index (χ2n) is 3.60. The Labute approximate surface area is 105 Å². The number of pyridine rings is 1. The Morgan fingerprint density at radius 3 is 2.87 bits per heavy atom. The minimum atomic E-state index is 0.550. The van der Waals surface area contributed by atoms with Gasteiger partial charge in [-0.25, -0.2) is 0 Å². The summed E-state index contributed by atoms with van der Waals surface area (Å²) in [6.07, 6.45) is 7.06. The molecule has 2 nitrogen and oxygen atoms in total. The van der Waals surface area contributed by atoms with Crippen molar-refractivity contribution in [1.82, 2.24) is 4.98 Å². The third-order valence-electron chi connectivity index (χ3n) is 2.50. The van der Waals surface area contributed by atoms with Crippen LogP contribution in [0.3, 0.4) is 0 Å². The SMILES string of the molecule is CSCCC(C)N(C)c1cncc(Br)c1. The minimum absolute atomic E-state index is 0.550. The Morgan fingerprint density at radius 2 is 2.27 bits per heavy atom. The average Bonchev–Trinajstić information content (AvgIpc) is 2.24. The van der Waals surface area contributed by atoms with Crippen molar-refractivity contribution in [3.05, 3.63) is 22.9 Å². The van der Waals surface area contributed by atoms with Crippen LogP contribution in [0, 0.1) is 0 Å². The van der Waals surface area contributed by atoms with Crippen molar-refractivity contribution in [3.63, 3.8) is 0 Å². The highest BCUT2D eigenvalue weighted by molar-refractivity contribution is 9.10. The highest BCUT2D eigenvalue weighted by atomic mass is 79.9. The molecule has 0 saturated heterocycles. The maximum Gasteiger partial charge on any atom is 0.0563 e. The molecule has 1 heterocycles. The van der Waals surface area contributed by atoms with Crippen LogP contribution in [-0.4, -0.2) is 30.1 Å². The summed E-state index contributed by atoms with van der Waals surface area (Å²) in [5.74, 6) is 1.20. The summed E-state index contributed by atoms with van der Waals surface area (Å²) < 4.78 is 1.03. The summed E-state index contributed by atoms with van der Waals surface area (Å²) in [5, 5.41) is 0. The molecule has 0 fully saturated rings. The van der Waals surface area contributed by atoms with Crippen molar-refractivity contribution >= 4 is 33.4 Å². The second kappa shape index (κ2) is 6.38. The molecule has 0 aromatic carbocycles. The Hall–Kier alpha value is -0.220. The van der Waals surface area contributed by atoms with Crippen molar-refractivity contribution in [3.8, 4) is 0 Å². The van der Waals surface area contributed by atoms with Gasteiger partial charge in [0.05, 0.1) is 11.9 Å². The normalized spacial score (nSPS) is 12.5. The van der Waals surface area contributed by atoms with Crippen LogP contribution in [0.1, 0.15) is 13.3 Å². The van der Waals surface area contributed by atoms with Crippen LogP contribution in [0.4, 0.5) is 5.69 Å². The van der Waals surface area contributed by atoms with Gasteiger partial charge in [-0.05, 0) is 47.3 Å². The van der Waals surface area contributed by atoms with Gasteiger partial charge < -0.3 is 4.90 Å². The maximum absolute atomic E-state index is 4.17. The summed E-state index contributed by atoms with van der Waals surface area (Å²) in [6.45, 7) is 2.25. The summed E-state index contributed by atoms with van der Waals surface area (Å²) in [7, 11) is 2.12. The molecule has 4 heteroatoms. The molecule has 0 bridgehead atoms. The largest absolute Gasteiger partial charge is 0.371 e. The standard InChI is InChI=1S/C11H17BrN2S/c1-9(4-5-15-3)14(2)11-6-10(12)7-13-8-11/h6-9H,4-5H2,1-3H3. The van der Waals surface area contributed by atoms with E-state index in [2.05, 4.69) is 52.1 Å². The minimum Gasteiger partial charge on any atom is -0.371 e. The molecule has 0 spiro atoms. The zero-order valence-corrected chi connectivity index (χ0v) is 11.8. The second-order valence-corrected chi connectivity index (χ2v) is 5.50. The molecule has 1 aromatic heterocycles. The number of nitrogens with zero attached hydrogens (tertiary/aromatic N) is 2. The van der Waals surface area contributed by atoms with Gasteiger partial charge in [0, 0.05) is 23.8 Å². The van der Waals surface area contributed by atoms with E-state index in [-0.39, 0.29) is 0 Å². The first kappa shape index (κ1) is 12.8. The van der Waals surface area contributed by atoms with E-state index in [9.17, 15) is 0 Å². The fourth-order valence-electron chi connectivity index (χ4n) is 1.33. The van der Waals surface area contributed by atoms with E-state index in [0.29, 0.717) is 6.04 Å². The van der Waals surface area contributed by atoms with Gasteiger partial charge in [-0.3, -0.25) is 4.98 Å². The smallest absolute Gasteiger partial charge is 0.0563 e. The zero-order chi connectivity index (χ0) is 11.3. The molecule has 0 aliphatic heterocycles. The molecule has 0 amide bonds. The predicted octanol–water partition coefficient (Wildman–Crippen LogP) is 3.42. The lowest BCUT2D eigenvalue weighted by molar-refractivity contribution is 0.668. The van der Waals surface area contributed by atoms with Crippen LogP contribution >= 0.6 is 27.7 Å². The van der Waals surface area contributed by atoms with E-state index in [1.54, 1.807) is 0 Å². The van der Waals surface area contributed by atoms with Gasteiger partial charge >= 0.3 is 0 Å². The Balaban J connectivity index is 2.62. The van der Waals surface area contributed by atoms with Crippen LogP contribution in [0.25, 0.3) is 0 Å². The summed E-state index contributed by atoms with van der Waals surface area (Å²) in [5.41, 5.74) is 1.16. The quantitative estimate of drug-likeness (QED) is 0.826. The monoisotopic (exact) mass is 288 g/mol. The molecule has 15 heavy (non-hydrogen) atoms. The van der Waals surface area contributed by atoms with Gasteiger partial charge in [0.15, 0.2) is 0 Å². The van der Waals surface area contributed by atoms with Crippen molar-refractivity contribution in [1.29, 1.82) is 0 Å². The number of anilines is 1. The Morgan fingerprint density at radius 1 is 1.53 bits per heavy atom. The molecule has 1 atom stereocenters. The first-order valence-corrected chi connectivity index (χ1v) is 7.16. The zero-order valence-electron chi connectivity index (χ0n) is 9.40. The van der Waals surface area contributed by atoms with Crippen LogP contribution < -0.4 is 4.90 Å². The van der Waals surface area contributed by atoms with Crippen LogP contribution in [0.2, 0.25) is 0 Å². The number of hydrogen-bond donors (Lipinski definition) is 0. The van der Waals surface area contributed by atoms with Crippen molar-refractivity contribution in [2.75, 3.05) is 24.0 Å². The third kappa shape index (κ3) is 4.03. The fourth-order valence-corrected chi connectivity index (χ4v) is 2.26. The van der Waals surface area contributed by atoms with E-state index in [1.807, 2.05) is 24.2 Å². The van der Waals surface area contributed by atoms with Gasteiger partial charge in [-0.1, -0.05) is 0 Å². The third-order valence-corrected chi connectivity index (χ3v) is 3.58. The number of halogens is 1. The molecular weight excluding hydrogens is 272 g/mol. The van der Waals surface area contributed by atoms with Crippen molar-refractivity contribution in [2.45, 2.75) is 19.4 Å². The van der Waals surface area contributed by atoms with Gasteiger partial charge in [0.25, 0.3) is 0 Å². The molecule has 0 N–H and O–H groups in total. The molecule has 0 radical (unpaired) electrons. The first-order valence-electron chi connectivity index (χ1n) is 4.97. The van der Waals surface area contributed by atoms with Gasteiger partial charge in [-0.2, -0.15) is 11.8 Å². The molecular formula is C11H17BrN2S. The Kier molecular flexibility index (Phi) is 5.47. The first-order chi connectivity index (χ1) is 7.15. The average molecular weight is 289 g/mol. The van der Waals surface area contributed by atoms with E-state index in [4.69, 9.17) is 0 Å². The lowest BCUT2D eigenvalue weighted by atomic mass is 10.2. The Bertz CT molecular complexity index is 306. The van der Waals surface area contributed by atoms with E-state index < -0.39 is 0 Å². The van der Waals surface area contributed by atoms with Crippen LogP contribution in [0.15, 0.2) is 22.9 Å². The molecule has 1 unspecified atom stereocenters. The molecule has 1 rings (SSSR count). The van der Waals surface area contributed by atoms with Gasteiger partial charge in [0.2, 0.25) is 0 Å². The van der Waals surface area contributed by atoms with Crippen LogP contribution in [-0.2, 0) is 0 Å². The predicted molar refractivity (Wildman–Crippen MR) is 72.8 cm³/mol. The molecule has 0 aliphatic rings. The molecule has 84 valence electrons. The van der Waals surface area contributed by atoms with Gasteiger partial charge in [-0.15, -0.1) is 0 Å². The summed E-state index contributed by atoms with van der Waals surface area (Å²) in [6, 6.07) is 2.65. The number of thioether (sulfide) groups is 1.